The molecule has 3 heteroatoms. The third-order valence-corrected chi connectivity index (χ3v) is 2.68. The van der Waals surface area contributed by atoms with E-state index in [1.807, 2.05) is 14.1 Å². The number of halogens is 1. The molecule has 0 aromatic heterocycles. The minimum atomic E-state index is -1.00. The quantitative estimate of drug-likeness (QED) is 0.605. The number of alkyl halides is 1. The molecule has 72 valence electrons. The molecule has 0 aromatic carbocycles. The Kier molecular flexibility index (Phi) is 3.47. The summed E-state index contributed by atoms with van der Waals surface area (Å²) in [6.45, 7) is 0. The van der Waals surface area contributed by atoms with Crippen LogP contribution in [0.5, 0.6) is 0 Å². The van der Waals surface area contributed by atoms with Crippen LogP contribution in [-0.2, 0) is 0 Å². The Labute approximate surface area is 73.4 Å². The van der Waals surface area contributed by atoms with E-state index in [0.717, 1.165) is 12.8 Å². The molecule has 2 nitrogen and oxygen atoms in total. The molecule has 0 amide bonds. The average molecular weight is 175 g/mol. The van der Waals surface area contributed by atoms with E-state index in [9.17, 15) is 9.50 Å². The van der Waals surface area contributed by atoms with Gasteiger partial charge in [0.2, 0.25) is 0 Å². The van der Waals surface area contributed by atoms with Crippen molar-refractivity contribution in [1.29, 1.82) is 0 Å². The molecular formula is C9H18FNO. The number of aliphatic hydroxyl groups is 1. The van der Waals surface area contributed by atoms with Gasteiger partial charge >= 0.3 is 0 Å². The highest BCUT2D eigenvalue weighted by atomic mass is 19.1. The third kappa shape index (κ3) is 2.42. The van der Waals surface area contributed by atoms with Crippen molar-refractivity contribution in [3.05, 3.63) is 0 Å². The first kappa shape index (κ1) is 9.93. The first-order chi connectivity index (χ1) is 5.61. The van der Waals surface area contributed by atoms with Crippen LogP contribution in [-0.4, -0.2) is 42.4 Å². The summed E-state index contributed by atoms with van der Waals surface area (Å²) in [6, 6.07) is 0.348. The molecule has 0 aromatic rings. The number of rotatable bonds is 1. The number of aliphatic hydroxyl groups excluding tert-OH is 1. The van der Waals surface area contributed by atoms with Gasteiger partial charge in [0.25, 0.3) is 0 Å². The average Bonchev–Trinajstić information content (AvgIpc) is 2.15. The fourth-order valence-corrected chi connectivity index (χ4v) is 1.75. The van der Waals surface area contributed by atoms with E-state index < -0.39 is 12.3 Å². The summed E-state index contributed by atoms with van der Waals surface area (Å²) in [5.41, 5.74) is 0. The standard InChI is InChI=1S/C9H18FNO/c1-11(2)7-4-3-5-8(10)9(12)6-7/h7-9,12H,3-6H2,1-2H3/t7?,8-,9-/m0/s1. The number of nitrogens with zero attached hydrogens (tertiary/aromatic N) is 1. The molecule has 1 unspecified atom stereocenters. The molecule has 0 bridgehead atoms. The van der Waals surface area contributed by atoms with Gasteiger partial charge in [-0.05, 0) is 39.8 Å². The van der Waals surface area contributed by atoms with E-state index in [-0.39, 0.29) is 0 Å². The molecule has 1 aliphatic rings. The largest absolute Gasteiger partial charge is 0.390 e. The van der Waals surface area contributed by atoms with Gasteiger partial charge in [0.1, 0.15) is 6.17 Å². The van der Waals surface area contributed by atoms with Crippen LogP contribution in [0.1, 0.15) is 25.7 Å². The highest BCUT2D eigenvalue weighted by Crippen LogP contribution is 2.23. The van der Waals surface area contributed by atoms with Crippen LogP contribution >= 0.6 is 0 Å². The molecular weight excluding hydrogens is 157 g/mol. The van der Waals surface area contributed by atoms with E-state index in [1.165, 1.54) is 0 Å². The lowest BCUT2D eigenvalue weighted by molar-refractivity contribution is 0.0581. The molecule has 3 atom stereocenters. The van der Waals surface area contributed by atoms with Crippen molar-refractivity contribution >= 4 is 0 Å². The fourth-order valence-electron chi connectivity index (χ4n) is 1.75. The Morgan fingerprint density at radius 2 is 2.00 bits per heavy atom. The summed E-state index contributed by atoms with van der Waals surface area (Å²) in [7, 11) is 3.96. The molecule has 1 rings (SSSR count). The van der Waals surface area contributed by atoms with Crippen LogP contribution in [0.3, 0.4) is 0 Å². The first-order valence-electron chi connectivity index (χ1n) is 4.60. The van der Waals surface area contributed by atoms with Crippen LogP contribution in [0.2, 0.25) is 0 Å². The Balaban J connectivity index is 2.48. The first-order valence-corrected chi connectivity index (χ1v) is 4.60. The van der Waals surface area contributed by atoms with Crippen molar-refractivity contribution in [2.45, 2.75) is 44.0 Å². The van der Waals surface area contributed by atoms with Crippen molar-refractivity contribution in [3.63, 3.8) is 0 Å². The van der Waals surface area contributed by atoms with Gasteiger partial charge in [0, 0.05) is 6.04 Å². The monoisotopic (exact) mass is 175 g/mol. The second kappa shape index (κ2) is 4.19. The lowest BCUT2D eigenvalue weighted by Gasteiger charge is -2.24. The maximum Gasteiger partial charge on any atom is 0.126 e. The lowest BCUT2D eigenvalue weighted by atomic mass is 10.1. The van der Waals surface area contributed by atoms with E-state index in [0.29, 0.717) is 18.9 Å². The zero-order chi connectivity index (χ0) is 9.14. The Morgan fingerprint density at radius 1 is 1.33 bits per heavy atom. The van der Waals surface area contributed by atoms with Crippen LogP contribution in [0, 0.1) is 0 Å². The van der Waals surface area contributed by atoms with Gasteiger partial charge in [0.05, 0.1) is 6.10 Å². The highest BCUT2D eigenvalue weighted by Gasteiger charge is 2.27. The van der Waals surface area contributed by atoms with Gasteiger partial charge in [0.15, 0.2) is 0 Å². The van der Waals surface area contributed by atoms with E-state index in [4.69, 9.17) is 0 Å². The van der Waals surface area contributed by atoms with Gasteiger partial charge < -0.3 is 10.0 Å². The smallest absolute Gasteiger partial charge is 0.126 e. The van der Waals surface area contributed by atoms with Gasteiger partial charge in [-0.15, -0.1) is 0 Å². The summed E-state index contributed by atoms with van der Waals surface area (Å²) in [5, 5.41) is 9.38. The summed E-state index contributed by atoms with van der Waals surface area (Å²) in [6.07, 6.45) is 1.24. The van der Waals surface area contributed by atoms with Crippen LogP contribution in [0.4, 0.5) is 4.39 Å². The lowest BCUT2D eigenvalue weighted by Crippen LogP contribution is -2.32. The molecule has 0 aliphatic heterocycles. The normalized spacial score (nSPS) is 38.2. The molecule has 0 spiro atoms. The van der Waals surface area contributed by atoms with Crippen molar-refractivity contribution in [2.24, 2.45) is 0 Å². The highest BCUT2D eigenvalue weighted by molar-refractivity contribution is 4.80. The Hall–Kier alpha value is -0.150. The van der Waals surface area contributed by atoms with Gasteiger partial charge in [-0.3, -0.25) is 0 Å². The maximum atomic E-state index is 13.0. The second-order valence-corrected chi connectivity index (χ2v) is 3.87. The molecule has 12 heavy (non-hydrogen) atoms. The van der Waals surface area contributed by atoms with Crippen LogP contribution < -0.4 is 0 Å². The molecule has 1 aliphatic carbocycles. The Morgan fingerprint density at radius 3 is 2.58 bits per heavy atom. The van der Waals surface area contributed by atoms with E-state index in [1.54, 1.807) is 0 Å². The SMILES string of the molecule is CN(C)C1CCC[C@H](F)[C@@H](O)C1. The number of hydrogen-bond donors (Lipinski definition) is 1. The topological polar surface area (TPSA) is 23.5 Å². The van der Waals surface area contributed by atoms with Crippen molar-refractivity contribution in [3.8, 4) is 0 Å². The van der Waals surface area contributed by atoms with Crippen LogP contribution in [0.25, 0.3) is 0 Å². The molecule has 0 heterocycles. The molecule has 0 radical (unpaired) electrons. The molecule has 1 saturated carbocycles. The third-order valence-electron chi connectivity index (χ3n) is 2.68. The number of hydrogen-bond acceptors (Lipinski definition) is 2. The van der Waals surface area contributed by atoms with Crippen molar-refractivity contribution in [2.75, 3.05) is 14.1 Å². The second-order valence-electron chi connectivity index (χ2n) is 3.87. The predicted octanol–water partition coefficient (Wildman–Crippen LogP) is 1.19. The fraction of sp³-hybridized carbons (Fsp3) is 1.00. The van der Waals surface area contributed by atoms with Gasteiger partial charge in [-0.2, -0.15) is 0 Å². The minimum Gasteiger partial charge on any atom is -0.390 e. The summed E-state index contributed by atoms with van der Waals surface area (Å²) < 4.78 is 13.0. The predicted molar refractivity (Wildman–Crippen MR) is 46.8 cm³/mol. The van der Waals surface area contributed by atoms with Crippen molar-refractivity contribution < 1.29 is 9.50 Å². The van der Waals surface area contributed by atoms with Crippen LogP contribution in [0.15, 0.2) is 0 Å². The molecule has 0 saturated heterocycles. The van der Waals surface area contributed by atoms with Crippen molar-refractivity contribution in [1.82, 2.24) is 4.90 Å². The van der Waals surface area contributed by atoms with E-state index in [2.05, 4.69) is 4.90 Å². The zero-order valence-corrected chi connectivity index (χ0v) is 7.83. The molecule has 1 N–H and O–H groups in total. The summed E-state index contributed by atoms with van der Waals surface area (Å²) >= 11 is 0. The van der Waals surface area contributed by atoms with Gasteiger partial charge in [-0.25, -0.2) is 4.39 Å². The maximum absolute atomic E-state index is 13.0. The summed E-state index contributed by atoms with van der Waals surface area (Å²) in [5.74, 6) is 0. The Bertz CT molecular complexity index is 140. The van der Waals surface area contributed by atoms with Gasteiger partial charge in [-0.1, -0.05) is 0 Å². The molecule has 1 fully saturated rings. The minimum absolute atomic E-state index is 0.348. The van der Waals surface area contributed by atoms with E-state index >= 15 is 0 Å². The summed E-state index contributed by atoms with van der Waals surface area (Å²) in [4.78, 5) is 2.07. The zero-order valence-electron chi connectivity index (χ0n) is 7.83.